The van der Waals surface area contributed by atoms with Crippen LogP contribution >= 0.6 is 0 Å². The maximum atomic E-state index is 13.2. The lowest BCUT2D eigenvalue weighted by molar-refractivity contribution is -0.116. The lowest BCUT2D eigenvalue weighted by atomic mass is 10.1. The molecule has 1 atom stereocenters. The number of aryl methyl sites for hydroxylation is 1. The van der Waals surface area contributed by atoms with Gasteiger partial charge in [-0.1, -0.05) is 42.8 Å². The van der Waals surface area contributed by atoms with Crippen LogP contribution in [0, 0.1) is 12.7 Å². The molecule has 3 nitrogen and oxygen atoms in total. The lowest BCUT2D eigenvalue weighted by Crippen LogP contribution is -2.33. The summed E-state index contributed by atoms with van der Waals surface area (Å²) < 4.78 is 13.2. The normalized spacial score (nSPS) is 17.8. The number of aromatic hydroxyl groups is 1. The second-order valence-corrected chi connectivity index (χ2v) is 7.58. The maximum absolute atomic E-state index is 13.2. The molecule has 0 aromatic heterocycles. The van der Waals surface area contributed by atoms with E-state index in [4.69, 9.17) is 0 Å². The lowest BCUT2D eigenvalue weighted by Gasteiger charge is -2.22. The van der Waals surface area contributed by atoms with Crippen molar-refractivity contribution in [3.63, 3.8) is 0 Å². The number of fused-ring (bicyclic) bond motifs is 1. The maximum Gasteiger partial charge on any atom is 0.129 e. The number of halogens is 1. The van der Waals surface area contributed by atoms with Crippen molar-refractivity contribution in [3.8, 4) is 5.75 Å². The van der Waals surface area contributed by atoms with Crippen LogP contribution in [0.4, 0.5) is 4.39 Å². The number of nitrogens with zero attached hydrogens (tertiary/aromatic N) is 1. The number of carbonyl (C=O) groups is 1. The number of hydrogen-bond donors (Lipinski definition) is 1. The molecule has 152 valence electrons. The highest BCUT2D eigenvalue weighted by Crippen LogP contribution is 2.34. The fraction of sp³-hybridized carbons (Fsp3) is 0.458. The van der Waals surface area contributed by atoms with E-state index in [1.54, 1.807) is 13.0 Å². The Hall–Kier alpha value is -2.20. The highest BCUT2D eigenvalue weighted by atomic mass is 19.1. The number of carbonyl (C=O) groups excluding carboxylic acids is 1. The fourth-order valence-corrected chi connectivity index (χ4v) is 3.56. The molecule has 2 aliphatic rings. The number of likely N-dealkylation sites (tertiary alicyclic amines) is 1. The van der Waals surface area contributed by atoms with Gasteiger partial charge < -0.3 is 9.90 Å². The molecule has 1 unspecified atom stereocenters. The number of rotatable bonds is 2. The second-order valence-electron chi connectivity index (χ2n) is 7.58. The van der Waals surface area contributed by atoms with E-state index in [1.165, 1.54) is 24.5 Å². The number of phenols is 1. The van der Waals surface area contributed by atoms with E-state index in [2.05, 4.69) is 24.0 Å². The van der Waals surface area contributed by atoms with Crippen molar-refractivity contribution in [1.82, 2.24) is 4.90 Å². The Morgan fingerprint density at radius 1 is 1.14 bits per heavy atom. The Bertz CT molecular complexity index is 755. The van der Waals surface area contributed by atoms with Gasteiger partial charge in [0.2, 0.25) is 0 Å². The zero-order valence-electron chi connectivity index (χ0n) is 17.2. The van der Waals surface area contributed by atoms with Gasteiger partial charge in [0.15, 0.2) is 0 Å². The summed E-state index contributed by atoms with van der Waals surface area (Å²) in [6, 6.07) is 13.5. The summed E-state index contributed by atoms with van der Waals surface area (Å²) in [6.45, 7) is 7.83. The number of ketones is 1. The third kappa shape index (κ3) is 6.75. The van der Waals surface area contributed by atoms with Crippen LogP contribution in [-0.4, -0.2) is 34.9 Å². The number of benzene rings is 2. The van der Waals surface area contributed by atoms with E-state index in [0.29, 0.717) is 12.5 Å². The molecule has 0 bridgehead atoms. The standard InChI is InChI=1S/C13H16FNO.C7H8.C4H8O/c14-10-5-9-6-11(15-3-1-2-4-15)8-12(9)13(16)7-10;1-7-5-3-2-4-6-7;1-3-4(2)5/h5,7,11,16H,1-4,6,8H2;2-6H,1H3;3H2,1-2H3. The predicted molar refractivity (Wildman–Crippen MR) is 112 cm³/mol. The van der Waals surface area contributed by atoms with E-state index in [1.807, 2.05) is 25.1 Å². The zero-order valence-corrected chi connectivity index (χ0v) is 17.2. The van der Waals surface area contributed by atoms with Crippen LogP contribution < -0.4 is 0 Å². The molecule has 0 spiro atoms. The van der Waals surface area contributed by atoms with E-state index in [0.717, 1.165) is 37.1 Å². The number of hydrogen-bond acceptors (Lipinski definition) is 3. The summed E-state index contributed by atoms with van der Waals surface area (Å²) in [5, 5.41) is 9.71. The van der Waals surface area contributed by atoms with Crippen molar-refractivity contribution in [2.75, 3.05) is 13.1 Å². The van der Waals surface area contributed by atoms with Gasteiger partial charge in [-0.15, -0.1) is 0 Å². The predicted octanol–water partition coefficient (Wildman–Crippen LogP) is 5.07. The first-order chi connectivity index (χ1) is 13.4. The molecule has 2 aromatic rings. The smallest absolute Gasteiger partial charge is 0.129 e. The highest BCUT2D eigenvalue weighted by Gasteiger charge is 2.30. The highest BCUT2D eigenvalue weighted by molar-refractivity contribution is 5.74. The van der Waals surface area contributed by atoms with Crippen LogP contribution in [0.5, 0.6) is 5.75 Å². The van der Waals surface area contributed by atoms with Crippen LogP contribution in [-0.2, 0) is 17.6 Å². The molecule has 1 aliphatic carbocycles. The Labute approximate surface area is 168 Å². The molecule has 0 saturated carbocycles. The number of phenolic OH excluding ortho intramolecular Hbond substituents is 1. The van der Waals surface area contributed by atoms with Gasteiger partial charge in [-0.2, -0.15) is 0 Å². The van der Waals surface area contributed by atoms with Crippen LogP contribution in [0.2, 0.25) is 0 Å². The first-order valence-electron chi connectivity index (χ1n) is 10.2. The minimum Gasteiger partial charge on any atom is -0.508 e. The van der Waals surface area contributed by atoms with Crippen LogP contribution in [0.25, 0.3) is 0 Å². The minimum absolute atomic E-state index is 0.136. The minimum atomic E-state index is -0.321. The monoisotopic (exact) mass is 385 g/mol. The largest absolute Gasteiger partial charge is 0.508 e. The van der Waals surface area contributed by atoms with E-state index < -0.39 is 0 Å². The van der Waals surface area contributed by atoms with Gasteiger partial charge in [0, 0.05) is 18.5 Å². The quantitative estimate of drug-likeness (QED) is 0.784. The Balaban J connectivity index is 0.000000194. The first kappa shape index (κ1) is 22.1. The SMILES string of the molecule is CCC(C)=O.Cc1ccccc1.Oc1cc(F)cc2c1CC(N1CCCC1)C2. The summed E-state index contributed by atoms with van der Waals surface area (Å²) in [7, 11) is 0. The van der Waals surface area contributed by atoms with Crippen molar-refractivity contribution in [3.05, 3.63) is 65.0 Å². The average molecular weight is 386 g/mol. The molecule has 2 aromatic carbocycles. The topological polar surface area (TPSA) is 40.5 Å². The zero-order chi connectivity index (χ0) is 20.5. The van der Waals surface area contributed by atoms with Gasteiger partial charge in [-0.05, 0) is 69.8 Å². The van der Waals surface area contributed by atoms with Crippen molar-refractivity contribution in [2.24, 2.45) is 0 Å². The second kappa shape index (κ2) is 11.0. The molecule has 1 aliphatic heterocycles. The molecular weight excluding hydrogens is 353 g/mol. The van der Waals surface area contributed by atoms with Crippen molar-refractivity contribution < 1.29 is 14.3 Å². The molecule has 0 radical (unpaired) electrons. The fourth-order valence-electron chi connectivity index (χ4n) is 3.56. The third-order valence-corrected chi connectivity index (χ3v) is 5.27. The average Bonchev–Trinajstić information content (AvgIpc) is 3.32. The van der Waals surface area contributed by atoms with Gasteiger partial charge >= 0.3 is 0 Å². The van der Waals surface area contributed by atoms with E-state index in [-0.39, 0.29) is 17.3 Å². The van der Waals surface area contributed by atoms with Gasteiger partial charge in [0.05, 0.1) is 0 Å². The Kier molecular flexibility index (Phi) is 8.65. The van der Waals surface area contributed by atoms with Gasteiger partial charge in [-0.3, -0.25) is 4.90 Å². The summed E-state index contributed by atoms with van der Waals surface area (Å²) in [6.07, 6.45) is 4.97. The molecule has 1 fully saturated rings. The third-order valence-electron chi connectivity index (χ3n) is 5.27. The molecule has 1 N–H and O–H groups in total. The van der Waals surface area contributed by atoms with Crippen molar-refractivity contribution in [2.45, 2.75) is 58.9 Å². The molecule has 1 saturated heterocycles. The Morgan fingerprint density at radius 3 is 2.25 bits per heavy atom. The van der Waals surface area contributed by atoms with Crippen molar-refractivity contribution >= 4 is 5.78 Å². The molecule has 0 amide bonds. The summed E-state index contributed by atoms with van der Waals surface area (Å²) >= 11 is 0. The van der Waals surface area contributed by atoms with Crippen LogP contribution in [0.15, 0.2) is 42.5 Å². The van der Waals surface area contributed by atoms with Crippen LogP contribution in [0.3, 0.4) is 0 Å². The first-order valence-corrected chi connectivity index (χ1v) is 10.2. The van der Waals surface area contributed by atoms with E-state index >= 15 is 0 Å². The van der Waals surface area contributed by atoms with Gasteiger partial charge in [0.25, 0.3) is 0 Å². The number of Topliss-reactive ketones (excluding diaryl/α,β-unsaturated/α-hetero) is 1. The molecule has 1 heterocycles. The summed E-state index contributed by atoms with van der Waals surface area (Å²) in [4.78, 5) is 12.3. The summed E-state index contributed by atoms with van der Waals surface area (Å²) in [5.41, 5.74) is 3.27. The Morgan fingerprint density at radius 2 is 1.75 bits per heavy atom. The van der Waals surface area contributed by atoms with Crippen molar-refractivity contribution in [1.29, 1.82) is 0 Å². The van der Waals surface area contributed by atoms with Gasteiger partial charge in [-0.25, -0.2) is 4.39 Å². The van der Waals surface area contributed by atoms with E-state index in [9.17, 15) is 14.3 Å². The van der Waals surface area contributed by atoms with Crippen LogP contribution in [0.1, 0.15) is 49.8 Å². The molecule has 28 heavy (non-hydrogen) atoms. The summed E-state index contributed by atoms with van der Waals surface area (Å²) in [5.74, 6) is 0.0695. The molecule has 4 rings (SSSR count). The molecule has 4 heteroatoms. The van der Waals surface area contributed by atoms with Gasteiger partial charge in [0.1, 0.15) is 17.3 Å². The molecular formula is C24H32FNO2.